The fourth-order valence-corrected chi connectivity index (χ4v) is 1.70. The number of rotatable bonds is 3. The van der Waals surface area contributed by atoms with Gasteiger partial charge in [-0.3, -0.25) is 0 Å². The Morgan fingerprint density at radius 3 is 2.94 bits per heavy atom. The van der Waals surface area contributed by atoms with Crippen molar-refractivity contribution < 1.29 is 4.52 Å². The van der Waals surface area contributed by atoms with Crippen LogP contribution in [0.1, 0.15) is 11.4 Å². The number of nitrogens with one attached hydrogen (secondary N) is 1. The highest BCUT2D eigenvalue weighted by molar-refractivity contribution is 6.33. The molecule has 1 N–H and O–H groups in total. The van der Waals surface area contributed by atoms with Crippen LogP contribution in [0.2, 0.25) is 5.02 Å². The zero-order chi connectivity index (χ0) is 11.5. The van der Waals surface area contributed by atoms with Gasteiger partial charge in [-0.2, -0.15) is 4.98 Å². The van der Waals surface area contributed by atoms with Crippen molar-refractivity contribution in [2.75, 3.05) is 7.05 Å². The van der Waals surface area contributed by atoms with E-state index in [2.05, 4.69) is 15.5 Å². The Morgan fingerprint density at radius 1 is 1.44 bits per heavy atom. The lowest BCUT2D eigenvalue weighted by molar-refractivity contribution is 0.420. The monoisotopic (exact) mass is 237 g/mol. The van der Waals surface area contributed by atoms with Crippen molar-refractivity contribution in [2.24, 2.45) is 0 Å². The Balaban J connectivity index is 2.35. The fourth-order valence-electron chi connectivity index (χ4n) is 1.39. The minimum atomic E-state index is 0.454. The summed E-state index contributed by atoms with van der Waals surface area (Å²) < 4.78 is 5.14. The first-order valence-electron chi connectivity index (χ1n) is 4.94. The van der Waals surface area contributed by atoms with Crippen LogP contribution in [-0.2, 0) is 6.54 Å². The molecule has 1 aromatic heterocycles. The van der Waals surface area contributed by atoms with Gasteiger partial charge in [-0.1, -0.05) is 22.8 Å². The molecular formula is C11H12ClN3O. The Kier molecular flexibility index (Phi) is 3.22. The highest BCUT2D eigenvalue weighted by Gasteiger charge is 2.11. The van der Waals surface area contributed by atoms with Crippen molar-refractivity contribution in [2.45, 2.75) is 13.5 Å². The summed E-state index contributed by atoms with van der Waals surface area (Å²) in [6.45, 7) is 2.56. The molecule has 84 valence electrons. The summed E-state index contributed by atoms with van der Waals surface area (Å²) >= 11 is 6.11. The van der Waals surface area contributed by atoms with E-state index in [9.17, 15) is 0 Å². The average Bonchev–Trinajstić information content (AvgIpc) is 2.67. The number of aryl methyl sites for hydroxylation is 1. The summed E-state index contributed by atoms with van der Waals surface area (Å²) in [7, 11) is 1.83. The van der Waals surface area contributed by atoms with Gasteiger partial charge in [-0.25, -0.2) is 0 Å². The van der Waals surface area contributed by atoms with Gasteiger partial charge < -0.3 is 9.84 Å². The summed E-state index contributed by atoms with van der Waals surface area (Å²) in [5.41, 5.74) is 1.87. The summed E-state index contributed by atoms with van der Waals surface area (Å²) in [5, 5.41) is 7.42. The van der Waals surface area contributed by atoms with Gasteiger partial charge in [0.1, 0.15) is 0 Å². The normalized spacial score (nSPS) is 10.7. The van der Waals surface area contributed by atoms with E-state index in [1.807, 2.05) is 32.2 Å². The van der Waals surface area contributed by atoms with Gasteiger partial charge in [0.25, 0.3) is 5.89 Å². The molecule has 16 heavy (non-hydrogen) atoms. The molecule has 0 amide bonds. The van der Waals surface area contributed by atoms with Gasteiger partial charge in [0.15, 0.2) is 5.82 Å². The lowest BCUT2D eigenvalue weighted by atomic mass is 10.1. The number of hydrogen-bond donors (Lipinski definition) is 1. The molecule has 0 saturated carbocycles. The van der Waals surface area contributed by atoms with Crippen LogP contribution in [-0.4, -0.2) is 17.2 Å². The van der Waals surface area contributed by atoms with E-state index < -0.39 is 0 Å². The SMILES string of the molecule is CNCc1noc(-c2ccc(C)cc2Cl)n1. The van der Waals surface area contributed by atoms with Crippen molar-refractivity contribution >= 4 is 11.6 Å². The second-order valence-corrected chi connectivity index (χ2v) is 3.94. The molecule has 0 bridgehead atoms. The molecule has 0 atom stereocenters. The molecule has 0 spiro atoms. The zero-order valence-electron chi connectivity index (χ0n) is 9.12. The van der Waals surface area contributed by atoms with E-state index in [-0.39, 0.29) is 0 Å². The molecule has 0 saturated heterocycles. The zero-order valence-corrected chi connectivity index (χ0v) is 9.88. The highest BCUT2D eigenvalue weighted by Crippen LogP contribution is 2.27. The first kappa shape index (κ1) is 11.1. The average molecular weight is 238 g/mol. The molecule has 0 aliphatic rings. The third kappa shape index (κ3) is 2.23. The van der Waals surface area contributed by atoms with E-state index in [1.54, 1.807) is 0 Å². The lowest BCUT2D eigenvalue weighted by Gasteiger charge is -1.99. The number of halogens is 1. The van der Waals surface area contributed by atoms with Gasteiger partial charge in [0, 0.05) is 0 Å². The molecule has 0 radical (unpaired) electrons. The molecule has 2 rings (SSSR count). The predicted octanol–water partition coefficient (Wildman–Crippen LogP) is 2.42. The Morgan fingerprint density at radius 2 is 2.25 bits per heavy atom. The van der Waals surface area contributed by atoms with Gasteiger partial charge >= 0.3 is 0 Å². The maximum Gasteiger partial charge on any atom is 0.259 e. The molecular weight excluding hydrogens is 226 g/mol. The maximum absolute atomic E-state index is 6.11. The maximum atomic E-state index is 6.11. The van der Waals surface area contributed by atoms with Crippen LogP contribution in [0, 0.1) is 6.92 Å². The van der Waals surface area contributed by atoms with Gasteiger partial charge in [-0.15, -0.1) is 0 Å². The van der Waals surface area contributed by atoms with Gasteiger partial charge in [-0.05, 0) is 31.7 Å². The van der Waals surface area contributed by atoms with E-state index in [0.717, 1.165) is 11.1 Å². The van der Waals surface area contributed by atoms with Crippen LogP contribution in [0.5, 0.6) is 0 Å². The van der Waals surface area contributed by atoms with Crippen LogP contribution >= 0.6 is 11.6 Å². The third-order valence-electron chi connectivity index (χ3n) is 2.16. The molecule has 0 fully saturated rings. The summed E-state index contributed by atoms with van der Waals surface area (Å²) in [6, 6.07) is 5.72. The van der Waals surface area contributed by atoms with Crippen LogP contribution < -0.4 is 5.32 Å². The predicted molar refractivity (Wildman–Crippen MR) is 62.2 cm³/mol. The molecule has 0 aliphatic heterocycles. The van der Waals surface area contributed by atoms with Crippen LogP contribution in [0.15, 0.2) is 22.7 Å². The Bertz CT molecular complexity index is 496. The second kappa shape index (κ2) is 4.63. The van der Waals surface area contributed by atoms with E-state index in [4.69, 9.17) is 16.1 Å². The van der Waals surface area contributed by atoms with Crippen LogP contribution in [0.4, 0.5) is 0 Å². The van der Waals surface area contributed by atoms with E-state index in [0.29, 0.717) is 23.3 Å². The quantitative estimate of drug-likeness (QED) is 0.891. The summed E-state index contributed by atoms with van der Waals surface area (Å²) in [4.78, 5) is 4.24. The molecule has 1 aromatic carbocycles. The number of benzene rings is 1. The minimum absolute atomic E-state index is 0.454. The van der Waals surface area contributed by atoms with Gasteiger partial charge in [0.05, 0.1) is 17.1 Å². The van der Waals surface area contributed by atoms with E-state index >= 15 is 0 Å². The van der Waals surface area contributed by atoms with Gasteiger partial charge in [0.2, 0.25) is 0 Å². The van der Waals surface area contributed by atoms with Crippen LogP contribution in [0.25, 0.3) is 11.5 Å². The van der Waals surface area contributed by atoms with Crippen molar-refractivity contribution in [1.82, 2.24) is 15.5 Å². The highest BCUT2D eigenvalue weighted by atomic mass is 35.5. The molecule has 1 heterocycles. The van der Waals surface area contributed by atoms with Crippen LogP contribution in [0.3, 0.4) is 0 Å². The molecule has 2 aromatic rings. The van der Waals surface area contributed by atoms with Crippen molar-refractivity contribution in [3.05, 3.63) is 34.6 Å². The topological polar surface area (TPSA) is 51.0 Å². The first-order chi connectivity index (χ1) is 7.70. The van der Waals surface area contributed by atoms with Crippen molar-refractivity contribution in [1.29, 1.82) is 0 Å². The van der Waals surface area contributed by atoms with Crippen molar-refractivity contribution in [3.63, 3.8) is 0 Å². The fraction of sp³-hybridized carbons (Fsp3) is 0.273. The number of aromatic nitrogens is 2. The summed E-state index contributed by atoms with van der Waals surface area (Å²) in [6.07, 6.45) is 0. The molecule has 5 heteroatoms. The summed E-state index contributed by atoms with van der Waals surface area (Å²) in [5.74, 6) is 1.07. The molecule has 0 aliphatic carbocycles. The number of nitrogens with zero attached hydrogens (tertiary/aromatic N) is 2. The minimum Gasteiger partial charge on any atom is -0.334 e. The van der Waals surface area contributed by atoms with Crippen molar-refractivity contribution in [3.8, 4) is 11.5 Å². The Labute approximate surface area is 98.6 Å². The van der Waals surface area contributed by atoms with E-state index in [1.165, 1.54) is 0 Å². The Hall–Kier alpha value is -1.39. The first-order valence-corrected chi connectivity index (χ1v) is 5.32. The third-order valence-corrected chi connectivity index (χ3v) is 2.47. The smallest absolute Gasteiger partial charge is 0.259 e. The molecule has 0 unspecified atom stereocenters. The second-order valence-electron chi connectivity index (χ2n) is 3.53. The lowest BCUT2D eigenvalue weighted by Crippen LogP contribution is -2.06. The standard InChI is InChI=1S/C11H12ClN3O/c1-7-3-4-8(9(12)5-7)11-14-10(6-13-2)15-16-11/h3-5,13H,6H2,1-2H3. The largest absolute Gasteiger partial charge is 0.334 e. The number of hydrogen-bond acceptors (Lipinski definition) is 4. The molecule has 4 nitrogen and oxygen atoms in total.